The molecule has 2 aromatic carbocycles. The van der Waals surface area contributed by atoms with E-state index in [0.717, 1.165) is 17.2 Å². The Hall–Kier alpha value is -3.00. The van der Waals surface area contributed by atoms with Crippen molar-refractivity contribution in [3.63, 3.8) is 0 Å². The average molecular weight is 437 g/mol. The van der Waals surface area contributed by atoms with E-state index in [-0.39, 0.29) is 22.4 Å². The van der Waals surface area contributed by atoms with E-state index in [4.69, 9.17) is 16.1 Å². The van der Waals surface area contributed by atoms with Gasteiger partial charge in [0, 0.05) is 13.1 Å². The topological polar surface area (TPSA) is 66.6 Å². The number of halogens is 4. The number of fused-ring (bicyclic) bond motifs is 1. The lowest BCUT2D eigenvalue weighted by molar-refractivity contribution is -0.136. The van der Waals surface area contributed by atoms with Gasteiger partial charge in [0.05, 0.1) is 21.5 Å². The zero-order valence-corrected chi connectivity index (χ0v) is 16.5. The summed E-state index contributed by atoms with van der Waals surface area (Å²) in [6.07, 6.45) is -2.15. The summed E-state index contributed by atoms with van der Waals surface area (Å²) in [6, 6.07) is 6.93. The lowest BCUT2D eigenvalue weighted by Gasteiger charge is -2.27. The zero-order chi connectivity index (χ0) is 21.6. The van der Waals surface area contributed by atoms with E-state index in [2.05, 4.69) is 5.16 Å². The number of rotatable bonds is 3. The minimum atomic E-state index is -4.52. The maximum Gasteiger partial charge on any atom is 0.417 e. The highest BCUT2D eigenvalue weighted by Crippen LogP contribution is 2.40. The molecule has 1 N–H and O–H groups in total. The van der Waals surface area contributed by atoms with Gasteiger partial charge >= 0.3 is 12.1 Å². The molecule has 2 heterocycles. The molecule has 5 nitrogen and oxygen atoms in total. The Morgan fingerprint density at radius 2 is 2.03 bits per heavy atom. The molecule has 4 rings (SSSR count). The largest absolute Gasteiger partial charge is 0.478 e. The van der Waals surface area contributed by atoms with Gasteiger partial charge in [-0.15, -0.1) is 0 Å². The number of hydrogen-bond donors (Lipinski definition) is 1. The number of aromatic nitrogens is 1. The van der Waals surface area contributed by atoms with Crippen LogP contribution in [0, 0.1) is 6.92 Å². The third-order valence-corrected chi connectivity index (χ3v) is 5.74. The zero-order valence-electron chi connectivity index (χ0n) is 15.8. The second-order valence-electron chi connectivity index (χ2n) is 7.01. The van der Waals surface area contributed by atoms with Crippen molar-refractivity contribution in [2.24, 2.45) is 0 Å². The van der Waals surface area contributed by atoms with E-state index in [1.54, 1.807) is 17.9 Å². The van der Waals surface area contributed by atoms with Crippen LogP contribution in [0.4, 0.5) is 19.0 Å². The number of carboxylic acids is 1. The highest BCUT2D eigenvalue weighted by atomic mass is 35.5. The van der Waals surface area contributed by atoms with Gasteiger partial charge in [-0.1, -0.05) is 35.0 Å². The molecule has 0 saturated heterocycles. The number of carbonyl (C=O) groups is 1. The molecule has 1 aliphatic rings. The van der Waals surface area contributed by atoms with Crippen molar-refractivity contribution < 1.29 is 27.6 Å². The number of anilines is 1. The fourth-order valence-corrected chi connectivity index (χ4v) is 3.99. The molecule has 0 unspecified atom stereocenters. The van der Waals surface area contributed by atoms with Gasteiger partial charge in [-0.05, 0) is 48.2 Å². The molecule has 0 radical (unpaired) electrons. The SMILES string of the molecule is Cc1c(C(=O)O)ccc(C2=CCN(c3noc4cccc(C(F)(F)F)c34)CC2)c1Cl. The van der Waals surface area contributed by atoms with Crippen LogP contribution >= 0.6 is 11.6 Å². The first kappa shape index (κ1) is 20.3. The van der Waals surface area contributed by atoms with Gasteiger partial charge in [0.1, 0.15) is 0 Å². The van der Waals surface area contributed by atoms with Crippen LogP contribution in [0.1, 0.15) is 33.5 Å². The molecule has 0 fully saturated rings. The molecule has 3 aromatic rings. The van der Waals surface area contributed by atoms with Crippen molar-refractivity contribution in [1.82, 2.24) is 5.16 Å². The van der Waals surface area contributed by atoms with Crippen LogP contribution in [0.5, 0.6) is 0 Å². The summed E-state index contributed by atoms with van der Waals surface area (Å²) in [5.41, 5.74) is 1.53. The third-order valence-electron chi connectivity index (χ3n) is 5.26. The Labute approximate surface area is 174 Å². The van der Waals surface area contributed by atoms with Crippen LogP contribution in [0.25, 0.3) is 16.5 Å². The van der Waals surface area contributed by atoms with Gasteiger partial charge < -0.3 is 14.5 Å². The Bertz CT molecular complexity index is 1180. The first-order chi connectivity index (χ1) is 14.2. The van der Waals surface area contributed by atoms with E-state index >= 15 is 0 Å². The van der Waals surface area contributed by atoms with E-state index < -0.39 is 17.7 Å². The van der Waals surface area contributed by atoms with Gasteiger partial charge in [-0.2, -0.15) is 13.2 Å². The highest BCUT2D eigenvalue weighted by molar-refractivity contribution is 6.33. The number of nitrogens with zero attached hydrogens (tertiary/aromatic N) is 2. The molecule has 0 spiro atoms. The number of hydrogen-bond acceptors (Lipinski definition) is 4. The van der Waals surface area contributed by atoms with Crippen LogP contribution < -0.4 is 4.90 Å². The van der Waals surface area contributed by atoms with Gasteiger partial charge in [0.2, 0.25) is 0 Å². The molecule has 0 amide bonds. The fraction of sp³-hybridized carbons (Fsp3) is 0.238. The Morgan fingerprint density at radius 3 is 2.67 bits per heavy atom. The quantitative estimate of drug-likeness (QED) is 0.562. The molecule has 0 atom stereocenters. The lowest BCUT2D eigenvalue weighted by atomic mass is 9.95. The maximum absolute atomic E-state index is 13.4. The summed E-state index contributed by atoms with van der Waals surface area (Å²) in [4.78, 5) is 13.0. The normalized spacial score (nSPS) is 14.8. The van der Waals surface area contributed by atoms with Crippen LogP contribution in [0.2, 0.25) is 5.02 Å². The second kappa shape index (κ2) is 7.36. The minimum absolute atomic E-state index is 0.0541. The van der Waals surface area contributed by atoms with Crippen molar-refractivity contribution in [3.8, 4) is 0 Å². The van der Waals surface area contributed by atoms with E-state index in [1.165, 1.54) is 18.2 Å². The van der Waals surface area contributed by atoms with E-state index in [0.29, 0.717) is 30.1 Å². The van der Waals surface area contributed by atoms with Crippen molar-refractivity contribution in [2.75, 3.05) is 18.0 Å². The summed E-state index contributed by atoms with van der Waals surface area (Å²) in [5.74, 6) is -0.903. The molecule has 0 saturated carbocycles. The molecule has 1 aromatic heterocycles. The molecular weight excluding hydrogens is 421 g/mol. The van der Waals surface area contributed by atoms with Gasteiger partial charge in [0.25, 0.3) is 0 Å². The third kappa shape index (κ3) is 3.41. The standard InChI is InChI=1S/C21H16ClF3N2O3/c1-11-13(20(28)29)5-6-14(18(11)22)12-7-9-27(10-8-12)19-17-15(21(23,24)25)3-2-4-16(17)30-26-19/h2-7H,8-10H2,1H3,(H,28,29). The summed E-state index contributed by atoms with van der Waals surface area (Å²) in [7, 11) is 0. The number of benzene rings is 2. The van der Waals surface area contributed by atoms with Crippen molar-refractivity contribution >= 4 is 39.9 Å². The van der Waals surface area contributed by atoms with Gasteiger partial charge in [0.15, 0.2) is 11.4 Å². The summed E-state index contributed by atoms with van der Waals surface area (Å²) in [5, 5.41) is 13.4. The summed E-state index contributed by atoms with van der Waals surface area (Å²) >= 11 is 6.39. The van der Waals surface area contributed by atoms with Crippen molar-refractivity contribution in [2.45, 2.75) is 19.5 Å². The first-order valence-electron chi connectivity index (χ1n) is 9.11. The first-order valence-corrected chi connectivity index (χ1v) is 9.48. The molecule has 9 heteroatoms. The number of alkyl halides is 3. The molecule has 0 aliphatic carbocycles. The molecule has 1 aliphatic heterocycles. The van der Waals surface area contributed by atoms with Crippen molar-refractivity contribution in [1.29, 1.82) is 0 Å². The smallest absolute Gasteiger partial charge is 0.417 e. The van der Waals surface area contributed by atoms with Crippen LogP contribution in [0.15, 0.2) is 40.9 Å². The van der Waals surface area contributed by atoms with Gasteiger partial charge in [-0.25, -0.2) is 4.79 Å². The average Bonchev–Trinajstić information content (AvgIpc) is 3.13. The Balaban J connectivity index is 1.67. The number of aromatic carboxylic acids is 1. The number of carboxylic acid groups (broad SMARTS) is 1. The lowest BCUT2D eigenvalue weighted by Crippen LogP contribution is -2.29. The van der Waals surface area contributed by atoms with Crippen LogP contribution in [0.3, 0.4) is 0 Å². The predicted molar refractivity (Wildman–Crippen MR) is 107 cm³/mol. The maximum atomic E-state index is 13.4. The van der Waals surface area contributed by atoms with Crippen molar-refractivity contribution in [3.05, 3.63) is 63.7 Å². The fourth-order valence-electron chi connectivity index (χ4n) is 3.70. The van der Waals surface area contributed by atoms with Gasteiger partial charge in [-0.3, -0.25) is 0 Å². The summed E-state index contributed by atoms with van der Waals surface area (Å²) in [6.45, 7) is 2.38. The van der Waals surface area contributed by atoms with Crippen LogP contribution in [-0.2, 0) is 6.18 Å². The summed E-state index contributed by atoms with van der Waals surface area (Å²) < 4.78 is 45.5. The molecule has 156 valence electrons. The Morgan fingerprint density at radius 1 is 1.27 bits per heavy atom. The van der Waals surface area contributed by atoms with E-state index in [1.807, 2.05) is 6.08 Å². The predicted octanol–water partition coefficient (Wildman–Crippen LogP) is 5.80. The Kier molecular flexibility index (Phi) is 4.97. The van der Waals surface area contributed by atoms with E-state index in [9.17, 15) is 23.1 Å². The molecule has 30 heavy (non-hydrogen) atoms. The molecule has 0 bridgehead atoms. The monoisotopic (exact) mass is 436 g/mol. The second-order valence-corrected chi connectivity index (χ2v) is 7.39. The molecular formula is C21H16ClF3N2O3. The van der Waals surface area contributed by atoms with Crippen LogP contribution in [-0.4, -0.2) is 29.3 Å². The minimum Gasteiger partial charge on any atom is -0.478 e. The highest BCUT2D eigenvalue weighted by Gasteiger charge is 2.36.